The molecule has 2 rings (SSSR count). The van der Waals surface area contributed by atoms with Gasteiger partial charge in [0, 0.05) is 15.9 Å². The summed E-state index contributed by atoms with van der Waals surface area (Å²) >= 11 is 3.99. The van der Waals surface area contributed by atoms with Gasteiger partial charge < -0.3 is 10.1 Å². The maximum absolute atomic E-state index is 13.0. The summed E-state index contributed by atoms with van der Waals surface area (Å²) in [5.41, 5.74) is -0.579. The first-order chi connectivity index (χ1) is 11.3. The van der Waals surface area contributed by atoms with Gasteiger partial charge in [0.25, 0.3) is 0 Å². The minimum Gasteiger partial charge on any atom is -0.462 e. The van der Waals surface area contributed by atoms with Gasteiger partial charge in [-0.1, -0.05) is 15.9 Å². The lowest BCUT2D eigenvalue weighted by atomic mass is 10.1. The summed E-state index contributed by atoms with van der Waals surface area (Å²) in [6.07, 6.45) is -4.52. The van der Waals surface area contributed by atoms with Gasteiger partial charge in [0.1, 0.15) is 11.5 Å². The molecule has 1 aliphatic heterocycles. The Bertz CT molecular complexity index is 755. The van der Waals surface area contributed by atoms with Gasteiger partial charge in [0.2, 0.25) is 0 Å². The zero-order valence-corrected chi connectivity index (χ0v) is 14.7. The number of ether oxygens (including phenoxy) is 1. The first-order valence-corrected chi connectivity index (χ1v) is 8.48. The average molecular weight is 422 g/mol. The molecule has 0 aliphatic carbocycles. The van der Waals surface area contributed by atoms with Crippen LogP contribution in [0.4, 0.5) is 18.9 Å². The first kappa shape index (κ1) is 18.6. The molecule has 1 aromatic carbocycles. The predicted octanol–water partition coefficient (Wildman–Crippen LogP) is 4.16. The minimum atomic E-state index is -4.52. The van der Waals surface area contributed by atoms with Gasteiger partial charge in [-0.15, -0.1) is 11.8 Å². The molecule has 0 aromatic heterocycles. The number of hydrogen-bond acceptors (Lipinski definition) is 5. The number of rotatable bonds is 4. The number of carbonyl (C=O) groups is 1. The molecule has 0 amide bonds. The highest BCUT2D eigenvalue weighted by Crippen LogP contribution is 2.39. The largest absolute Gasteiger partial charge is 0.462 e. The highest BCUT2D eigenvalue weighted by Gasteiger charge is 2.34. The quantitative estimate of drug-likeness (QED) is 0.584. The number of benzene rings is 1. The summed E-state index contributed by atoms with van der Waals surface area (Å²) in [6.45, 7) is 1.73. The van der Waals surface area contributed by atoms with Crippen molar-refractivity contribution in [1.82, 2.24) is 0 Å². The molecule has 128 valence electrons. The van der Waals surface area contributed by atoms with Crippen LogP contribution in [0.5, 0.6) is 0 Å². The van der Waals surface area contributed by atoms with Crippen LogP contribution in [0, 0.1) is 0 Å². The summed E-state index contributed by atoms with van der Waals surface area (Å²) in [6, 6.07) is 3.60. The Kier molecular flexibility index (Phi) is 5.79. The van der Waals surface area contributed by atoms with Crippen LogP contribution in [0.2, 0.25) is 0 Å². The van der Waals surface area contributed by atoms with Crippen molar-refractivity contribution < 1.29 is 27.5 Å². The predicted molar refractivity (Wildman–Crippen MR) is 88.1 cm³/mol. The molecule has 0 atom stereocenters. The van der Waals surface area contributed by atoms with Crippen LogP contribution in [0.25, 0.3) is 0 Å². The van der Waals surface area contributed by atoms with Crippen LogP contribution in [0.3, 0.4) is 0 Å². The van der Waals surface area contributed by atoms with E-state index in [0.717, 1.165) is 17.8 Å². The molecule has 1 N–H and O–H groups in total. The Morgan fingerprint density at radius 3 is 2.75 bits per heavy atom. The molecule has 0 spiro atoms. The molecule has 1 heterocycles. The van der Waals surface area contributed by atoms with Gasteiger partial charge in [-0.2, -0.15) is 13.2 Å². The normalized spacial score (nSPS) is 14.6. The van der Waals surface area contributed by atoms with E-state index in [2.05, 4.69) is 21.2 Å². The third kappa shape index (κ3) is 4.03. The Hall–Kier alpha value is -1.70. The topological polar surface area (TPSA) is 55.4 Å². The maximum atomic E-state index is 13.0. The molecule has 0 radical (unpaired) electrons. The van der Waals surface area contributed by atoms with Crippen LogP contribution in [0.15, 0.2) is 38.8 Å². The van der Waals surface area contributed by atoms with E-state index in [1.54, 1.807) is 12.9 Å². The van der Waals surface area contributed by atoms with E-state index in [1.807, 2.05) is 0 Å². The molecule has 0 bridgehead atoms. The van der Waals surface area contributed by atoms with Gasteiger partial charge in [0.05, 0.1) is 22.8 Å². The fourth-order valence-corrected chi connectivity index (χ4v) is 3.48. The van der Waals surface area contributed by atoms with Crippen LogP contribution in [-0.2, 0) is 20.5 Å². The third-order valence-electron chi connectivity index (χ3n) is 3.02. The standard InChI is InChI=1S/C15H11BrF3NO3S/c1-2-23-14(22)12-8(6-21)7-24-13(12)20-9-3-4-11(16)10(5-9)15(17,18)19/h3-5,20H,2,7H2,1H3. The lowest BCUT2D eigenvalue weighted by Crippen LogP contribution is -2.12. The van der Waals surface area contributed by atoms with Crippen LogP contribution in [0.1, 0.15) is 12.5 Å². The number of carbonyl (C=O) groups excluding carboxylic acids is 2. The number of anilines is 1. The van der Waals surface area contributed by atoms with Crippen molar-refractivity contribution in [1.29, 1.82) is 0 Å². The molecule has 1 aromatic rings. The van der Waals surface area contributed by atoms with E-state index >= 15 is 0 Å². The summed E-state index contributed by atoms with van der Waals surface area (Å²) in [7, 11) is 0. The monoisotopic (exact) mass is 421 g/mol. The van der Waals surface area contributed by atoms with E-state index in [9.17, 15) is 22.8 Å². The van der Waals surface area contributed by atoms with Crippen molar-refractivity contribution in [3.8, 4) is 0 Å². The van der Waals surface area contributed by atoms with E-state index in [1.165, 1.54) is 12.1 Å². The zero-order valence-electron chi connectivity index (χ0n) is 12.3. The Balaban J connectivity index is 2.40. The molecule has 1 aliphatic rings. The number of alkyl halides is 3. The summed E-state index contributed by atoms with van der Waals surface area (Å²) in [4.78, 5) is 22.9. The van der Waals surface area contributed by atoms with Crippen LogP contribution >= 0.6 is 27.7 Å². The fourth-order valence-electron chi connectivity index (χ4n) is 1.98. The number of hydrogen-bond donors (Lipinski definition) is 1. The Morgan fingerprint density at radius 2 is 2.17 bits per heavy atom. The molecule has 9 heteroatoms. The first-order valence-electron chi connectivity index (χ1n) is 6.70. The van der Waals surface area contributed by atoms with Crippen LogP contribution in [-0.4, -0.2) is 24.3 Å². The van der Waals surface area contributed by atoms with E-state index in [0.29, 0.717) is 0 Å². The second kappa shape index (κ2) is 7.46. The van der Waals surface area contributed by atoms with E-state index < -0.39 is 17.7 Å². The second-order valence-electron chi connectivity index (χ2n) is 4.61. The fraction of sp³-hybridized carbons (Fsp3) is 0.267. The molecule has 0 saturated heterocycles. The highest BCUT2D eigenvalue weighted by molar-refractivity contribution is 9.10. The number of thioether (sulfide) groups is 1. The Morgan fingerprint density at radius 1 is 1.46 bits per heavy atom. The lowest BCUT2D eigenvalue weighted by molar-refractivity contribution is -0.139. The van der Waals surface area contributed by atoms with Gasteiger partial charge in [0.15, 0.2) is 0 Å². The van der Waals surface area contributed by atoms with Crippen molar-refractivity contribution in [3.05, 3.63) is 44.4 Å². The number of halogens is 4. The molecular weight excluding hydrogens is 411 g/mol. The summed E-state index contributed by atoms with van der Waals surface area (Å²) in [5.74, 6) is 1.16. The molecule has 24 heavy (non-hydrogen) atoms. The minimum absolute atomic E-state index is 0.00771. The summed E-state index contributed by atoms with van der Waals surface area (Å²) < 4.78 is 43.7. The second-order valence-corrected chi connectivity index (χ2v) is 6.45. The number of esters is 1. The SMILES string of the molecule is CCOC(=O)C1=C(Nc2ccc(Br)c(C(F)(F)F)c2)SCC1=C=O. The molecule has 4 nitrogen and oxygen atoms in total. The molecular formula is C15H11BrF3NO3S. The third-order valence-corrected chi connectivity index (χ3v) is 4.74. The van der Waals surface area contributed by atoms with Crippen LogP contribution < -0.4 is 5.32 Å². The molecule has 0 unspecified atom stereocenters. The van der Waals surface area contributed by atoms with Crippen molar-refractivity contribution in [2.24, 2.45) is 0 Å². The van der Waals surface area contributed by atoms with Crippen molar-refractivity contribution in [2.75, 3.05) is 17.7 Å². The lowest BCUT2D eigenvalue weighted by Gasteiger charge is -2.13. The van der Waals surface area contributed by atoms with Crippen molar-refractivity contribution in [3.63, 3.8) is 0 Å². The van der Waals surface area contributed by atoms with Gasteiger partial charge in [-0.05, 0) is 25.1 Å². The Labute approximate surface area is 148 Å². The average Bonchev–Trinajstić information content (AvgIpc) is 2.91. The van der Waals surface area contributed by atoms with Crippen molar-refractivity contribution in [2.45, 2.75) is 13.1 Å². The smallest absolute Gasteiger partial charge is 0.417 e. The molecule has 0 saturated carbocycles. The maximum Gasteiger partial charge on any atom is 0.417 e. The summed E-state index contributed by atoms with van der Waals surface area (Å²) in [5, 5.41) is 3.02. The van der Waals surface area contributed by atoms with Gasteiger partial charge >= 0.3 is 12.1 Å². The molecule has 0 fully saturated rings. The van der Waals surface area contributed by atoms with Crippen molar-refractivity contribution >= 4 is 45.3 Å². The van der Waals surface area contributed by atoms with E-state index in [4.69, 9.17) is 4.74 Å². The number of nitrogens with one attached hydrogen (secondary N) is 1. The highest BCUT2D eigenvalue weighted by atomic mass is 79.9. The van der Waals surface area contributed by atoms with Gasteiger partial charge in [-0.3, -0.25) is 0 Å². The zero-order chi connectivity index (χ0) is 17.9. The van der Waals surface area contributed by atoms with E-state index in [-0.39, 0.29) is 38.7 Å². The van der Waals surface area contributed by atoms with Gasteiger partial charge in [-0.25, -0.2) is 9.59 Å².